The van der Waals surface area contributed by atoms with Crippen molar-refractivity contribution in [3.8, 4) is 0 Å². The molecule has 0 aromatic heterocycles. The minimum Gasteiger partial charge on any atom is -0.103 e. The summed E-state index contributed by atoms with van der Waals surface area (Å²) in [6.07, 6.45) is 30.5. The van der Waals surface area contributed by atoms with E-state index in [9.17, 15) is 0 Å². The van der Waals surface area contributed by atoms with Gasteiger partial charge in [-0.05, 0) is 49.4 Å². The smallest absolute Gasteiger partial charge is 0.0236 e. The maximum Gasteiger partial charge on any atom is -0.0236 e. The molecule has 0 heterocycles. The molecule has 0 spiro atoms. The molecule has 0 aromatic carbocycles. The Morgan fingerprint density at radius 2 is 0.962 bits per heavy atom. The molecule has 0 unspecified atom stereocenters. The van der Waals surface area contributed by atoms with Crippen LogP contribution in [0, 0.1) is 23.7 Å². The van der Waals surface area contributed by atoms with Gasteiger partial charge in [0, 0.05) is 0 Å². The largest absolute Gasteiger partial charge is 0.103 e. The molecule has 0 aromatic rings. The normalized spacial score (nSPS) is 29.6. The highest BCUT2D eigenvalue weighted by Crippen LogP contribution is 2.36. The van der Waals surface area contributed by atoms with E-state index in [1.165, 1.54) is 96.3 Å². The quantitative estimate of drug-likeness (QED) is 0.227. The summed E-state index contributed by atoms with van der Waals surface area (Å²) in [7, 11) is 0. The van der Waals surface area contributed by atoms with Crippen molar-refractivity contribution in [2.75, 3.05) is 0 Å². The fraction of sp³-hybridized carbons (Fsp3) is 0.923. The van der Waals surface area contributed by atoms with Gasteiger partial charge >= 0.3 is 0 Å². The minimum absolute atomic E-state index is 0.831. The Morgan fingerprint density at radius 1 is 0.577 bits per heavy atom. The Kier molecular flexibility index (Phi) is 11.7. The summed E-state index contributed by atoms with van der Waals surface area (Å²) in [5.41, 5.74) is 0. The van der Waals surface area contributed by atoms with E-state index in [4.69, 9.17) is 0 Å². The lowest BCUT2D eigenvalue weighted by molar-refractivity contribution is 0.239. The summed E-state index contributed by atoms with van der Waals surface area (Å²) < 4.78 is 0. The molecule has 2 aliphatic carbocycles. The summed E-state index contributed by atoms with van der Waals surface area (Å²) in [5.74, 6) is 4.03. The van der Waals surface area contributed by atoms with Crippen molar-refractivity contribution < 1.29 is 0 Å². The molecular formula is C26H48. The van der Waals surface area contributed by atoms with E-state index >= 15 is 0 Å². The highest BCUT2D eigenvalue weighted by molar-refractivity contribution is 4.84. The Bertz CT molecular complexity index is 328. The van der Waals surface area contributed by atoms with Crippen LogP contribution in [-0.2, 0) is 0 Å². The van der Waals surface area contributed by atoms with Gasteiger partial charge in [0.15, 0.2) is 0 Å². The number of hydrogen-bond acceptors (Lipinski definition) is 0. The van der Waals surface area contributed by atoms with Gasteiger partial charge in [0.2, 0.25) is 0 Å². The van der Waals surface area contributed by atoms with E-state index in [1.807, 2.05) is 0 Å². The molecule has 0 nitrogen and oxygen atoms in total. The number of rotatable bonds is 13. The predicted octanol–water partition coefficient (Wildman–Crippen LogP) is 9.10. The van der Waals surface area contributed by atoms with Crippen LogP contribution in [-0.4, -0.2) is 0 Å². The monoisotopic (exact) mass is 360 g/mol. The van der Waals surface area contributed by atoms with Gasteiger partial charge in [-0.1, -0.05) is 109 Å². The molecule has 152 valence electrons. The first-order valence-electron chi connectivity index (χ1n) is 12.4. The molecule has 0 radical (unpaired) electrons. The fourth-order valence-electron chi connectivity index (χ4n) is 5.60. The fourth-order valence-corrected chi connectivity index (χ4v) is 5.60. The molecule has 0 bridgehead atoms. The van der Waals surface area contributed by atoms with E-state index in [1.54, 1.807) is 25.7 Å². The van der Waals surface area contributed by atoms with Gasteiger partial charge in [-0.15, -0.1) is 6.58 Å². The Hall–Kier alpha value is -0.260. The molecular weight excluding hydrogens is 312 g/mol. The zero-order valence-electron chi connectivity index (χ0n) is 18.0. The highest BCUT2D eigenvalue weighted by atomic mass is 14.3. The van der Waals surface area contributed by atoms with Crippen LogP contribution < -0.4 is 0 Å². The topological polar surface area (TPSA) is 0 Å². The Balaban J connectivity index is 1.41. The van der Waals surface area contributed by atoms with E-state index in [-0.39, 0.29) is 0 Å². The average Bonchev–Trinajstić information content (AvgIpc) is 2.69. The summed E-state index contributed by atoms with van der Waals surface area (Å²) >= 11 is 0. The third kappa shape index (κ3) is 9.09. The summed E-state index contributed by atoms with van der Waals surface area (Å²) in [6.45, 7) is 6.29. The Morgan fingerprint density at radius 3 is 1.42 bits per heavy atom. The molecule has 0 heteroatoms. The van der Waals surface area contributed by atoms with Crippen LogP contribution >= 0.6 is 0 Å². The highest BCUT2D eigenvalue weighted by Gasteiger charge is 2.21. The van der Waals surface area contributed by atoms with Crippen LogP contribution in [0.15, 0.2) is 12.7 Å². The standard InChI is InChI=1S/C26H48/c1-3-5-6-7-8-9-12-24-19-21-26(22-20-24)14-11-10-13-25-17-15-23(4-2)16-18-25/h4,23-26H,2-3,5-22H2,1H3/t23?,24-,25?,26-. The van der Waals surface area contributed by atoms with Gasteiger partial charge in [0.25, 0.3) is 0 Å². The molecule has 2 saturated carbocycles. The third-order valence-electron chi connectivity index (χ3n) is 7.63. The van der Waals surface area contributed by atoms with Crippen molar-refractivity contribution in [1.82, 2.24) is 0 Å². The van der Waals surface area contributed by atoms with Crippen molar-refractivity contribution in [2.45, 2.75) is 129 Å². The van der Waals surface area contributed by atoms with Crippen molar-refractivity contribution in [3.63, 3.8) is 0 Å². The molecule has 2 fully saturated rings. The van der Waals surface area contributed by atoms with Crippen LogP contribution in [0.3, 0.4) is 0 Å². The molecule has 0 N–H and O–H groups in total. The minimum atomic E-state index is 0.831. The average molecular weight is 361 g/mol. The SMILES string of the molecule is C=CC1CCC(CCCC[C@H]2CC[C@H](CCCCCCCC)CC2)CC1. The van der Waals surface area contributed by atoms with E-state index < -0.39 is 0 Å². The van der Waals surface area contributed by atoms with Crippen molar-refractivity contribution in [2.24, 2.45) is 23.7 Å². The van der Waals surface area contributed by atoms with Crippen molar-refractivity contribution >= 4 is 0 Å². The number of allylic oxidation sites excluding steroid dienone is 1. The summed E-state index contributed by atoms with van der Waals surface area (Å²) in [5, 5.41) is 0. The molecule has 0 amide bonds. The first-order valence-corrected chi connectivity index (χ1v) is 12.4. The van der Waals surface area contributed by atoms with E-state index in [0.29, 0.717) is 0 Å². The first-order chi connectivity index (χ1) is 12.8. The lowest BCUT2D eigenvalue weighted by atomic mass is 9.77. The van der Waals surface area contributed by atoms with Gasteiger partial charge < -0.3 is 0 Å². The Labute approximate surface area is 165 Å². The molecule has 26 heavy (non-hydrogen) atoms. The summed E-state index contributed by atoms with van der Waals surface area (Å²) in [6, 6.07) is 0. The van der Waals surface area contributed by atoms with E-state index in [0.717, 1.165) is 23.7 Å². The molecule has 0 saturated heterocycles. The van der Waals surface area contributed by atoms with E-state index in [2.05, 4.69) is 19.6 Å². The zero-order valence-corrected chi connectivity index (χ0v) is 18.0. The van der Waals surface area contributed by atoms with Crippen molar-refractivity contribution in [1.29, 1.82) is 0 Å². The molecule has 0 atom stereocenters. The van der Waals surface area contributed by atoms with Crippen LogP contribution in [0.5, 0.6) is 0 Å². The second-order valence-corrected chi connectivity index (χ2v) is 9.74. The first kappa shape index (κ1) is 22.0. The summed E-state index contributed by atoms with van der Waals surface area (Å²) in [4.78, 5) is 0. The van der Waals surface area contributed by atoms with Gasteiger partial charge in [-0.2, -0.15) is 0 Å². The number of unbranched alkanes of at least 4 members (excludes halogenated alkanes) is 6. The van der Waals surface area contributed by atoms with Gasteiger partial charge in [0.05, 0.1) is 0 Å². The van der Waals surface area contributed by atoms with Crippen LogP contribution in [0.1, 0.15) is 129 Å². The molecule has 0 aliphatic heterocycles. The second kappa shape index (κ2) is 13.8. The van der Waals surface area contributed by atoms with Crippen LogP contribution in [0.2, 0.25) is 0 Å². The second-order valence-electron chi connectivity index (χ2n) is 9.74. The number of hydrogen-bond donors (Lipinski definition) is 0. The lowest BCUT2D eigenvalue weighted by Gasteiger charge is -2.29. The predicted molar refractivity (Wildman–Crippen MR) is 118 cm³/mol. The molecule has 2 rings (SSSR count). The third-order valence-corrected chi connectivity index (χ3v) is 7.63. The van der Waals surface area contributed by atoms with Gasteiger partial charge in [-0.3, -0.25) is 0 Å². The lowest BCUT2D eigenvalue weighted by Crippen LogP contribution is -2.15. The van der Waals surface area contributed by atoms with Crippen molar-refractivity contribution in [3.05, 3.63) is 12.7 Å². The van der Waals surface area contributed by atoms with Crippen LogP contribution in [0.4, 0.5) is 0 Å². The molecule has 2 aliphatic rings. The maximum absolute atomic E-state index is 3.97. The zero-order chi connectivity index (χ0) is 18.5. The van der Waals surface area contributed by atoms with Gasteiger partial charge in [0.1, 0.15) is 0 Å². The van der Waals surface area contributed by atoms with Gasteiger partial charge in [-0.25, -0.2) is 0 Å². The van der Waals surface area contributed by atoms with Crippen LogP contribution in [0.25, 0.3) is 0 Å². The maximum atomic E-state index is 3.97.